The summed E-state index contributed by atoms with van der Waals surface area (Å²) in [7, 11) is 2.05. The zero-order valence-electron chi connectivity index (χ0n) is 17.5. The van der Waals surface area contributed by atoms with Crippen molar-refractivity contribution in [2.45, 2.75) is 24.3 Å². The molecule has 0 unspecified atom stereocenters. The lowest BCUT2D eigenvalue weighted by atomic mass is 9.96. The van der Waals surface area contributed by atoms with Gasteiger partial charge in [0.2, 0.25) is 15.9 Å². The molecule has 1 aliphatic rings. The van der Waals surface area contributed by atoms with Gasteiger partial charge >= 0.3 is 0 Å². The minimum absolute atomic E-state index is 0.00901. The number of amides is 1. The summed E-state index contributed by atoms with van der Waals surface area (Å²) < 4.78 is 27.1. The van der Waals surface area contributed by atoms with E-state index in [1.165, 1.54) is 16.6 Å². The van der Waals surface area contributed by atoms with E-state index >= 15 is 0 Å². The lowest BCUT2D eigenvalue weighted by molar-refractivity contribution is -0.135. The molecule has 1 aromatic carbocycles. The average Bonchev–Trinajstić information content (AvgIpc) is 2.74. The maximum absolute atomic E-state index is 12.9. The highest BCUT2D eigenvalue weighted by molar-refractivity contribution is 7.89. The summed E-state index contributed by atoms with van der Waals surface area (Å²) in [6.45, 7) is 1.10. The first-order chi connectivity index (χ1) is 14.2. The number of carbonyl (C=O) groups excluding carboxylic acids is 1. The van der Waals surface area contributed by atoms with Crippen molar-refractivity contribution in [3.8, 4) is 0 Å². The van der Waals surface area contributed by atoms with Crippen molar-refractivity contribution in [1.82, 2.24) is 14.2 Å². The van der Waals surface area contributed by atoms with Gasteiger partial charge in [-0.15, -0.1) is 0 Å². The van der Waals surface area contributed by atoms with Crippen LogP contribution >= 0.6 is 11.6 Å². The van der Waals surface area contributed by atoms with Crippen molar-refractivity contribution in [3.05, 3.63) is 53.3 Å². The molecule has 2 heterocycles. The van der Waals surface area contributed by atoms with E-state index in [4.69, 9.17) is 11.6 Å². The summed E-state index contributed by atoms with van der Waals surface area (Å²) in [6.07, 6.45) is 2.43. The fourth-order valence-corrected chi connectivity index (χ4v) is 5.51. The molecule has 162 valence electrons. The molecule has 1 saturated heterocycles. The van der Waals surface area contributed by atoms with Crippen LogP contribution in [0, 0.1) is 5.92 Å². The molecule has 3 rings (SSSR count). The van der Waals surface area contributed by atoms with Gasteiger partial charge in [-0.05, 0) is 42.7 Å². The summed E-state index contributed by atoms with van der Waals surface area (Å²) in [5.41, 5.74) is 2.16. The van der Waals surface area contributed by atoms with E-state index in [0.717, 1.165) is 11.3 Å². The van der Waals surface area contributed by atoms with Crippen molar-refractivity contribution in [3.63, 3.8) is 0 Å². The molecule has 1 fully saturated rings. The van der Waals surface area contributed by atoms with Crippen molar-refractivity contribution in [2.24, 2.45) is 5.92 Å². The SMILES string of the molecule is CN(Cc1ccc(N(C)C)cc1)C(=O)C1CCN(S(=O)(=O)c2cccnc2Cl)CC1. The molecule has 30 heavy (non-hydrogen) atoms. The van der Waals surface area contributed by atoms with Crippen LogP contribution in [0.25, 0.3) is 0 Å². The molecule has 0 aliphatic carbocycles. The molecule has 1 aliphatic heterocycles. The molecule has 0 spiro atoms. The van der Waals surface area contributed by atoms with Crippen LogP contribution in [-0.4, -0.2) is 62.7 Å². The average molecular weight is 451 g/mol. The minimum Gasteiger partial charge on any atom is -0.378 e. The molecular formula is C21H27ClN4O3S. The van der Waals surface area contributed by atoms with Gasteiger partial charge < -0.3 is 9.80 Å². The van der Waals surface area contributed by atoms with Crippen LogP contribution in [0.2, 0.25) is 5.15 Å². The first kappa shape index (κ1) is 22.5. The molecule has 2 aromatic rings. The lowest BCUT2D eigenvalue weighted by Gasteiger charge is -2.32. The fourth-order valence-electron chi connectivity index (χ4n) is 3.61. The van der Waals surface area contributed by atoms with Crippen LogP contribution in [0.1, 0.15) is 18.4 Å². The number of benzene rings is 1. The maximum atomic E-state index is 12.9. The van der Waals surface area contributed by atoms with E-state index in [2.05, 4.69) is 4.98 Å². The maximum Gasteiger partial charge on any atom is 0.246 e. The molecule has 1 aromatic heterocycles. The van der Waals surface area contributed by atoms with Crippen molar-refractivity contribution < 1.29 is 13.2 Å². The quantitative estimate of drug-likeness (QED) is 0.632. The standard InChI is InChI=1S/C21H27ClN4O3S/c1-24(2)18-8-6-16(7-9-18)15-25(3)21(27)17-10-13-26(14-11-17)30(28,29)19-5-4-12-23-20(19)22/h4-9,12,17H,10-11,13-15H2,1-3H3. The second-order valence-electron chi connectivity index (χ2n) is 7.73. The highest BCUT2D eigenvalue weighted by atomic mass is 35.5. The molecule has 0 atom stereocenters. The molecule has 9 heteroatoms. The van der Waals surface area contributed by atoms with Crippen LogP contribution in [0.5, 0.6) is 0 Å². The van der Waals surface area contributed by atoms with Gasteiger partial charge in [0, 0.05) is 58.6 Å². The van der Waals surface area contributed by atoms with Gasteiger partial charge in [-0.3, -0.25) is 4.79 Å². The van der Waals surface area contributed by atoms with Crippen molar-refractivity contribution in [2.75, 3.05) is 39.1 Å². The molecule has 1 amide bonds. The van der Waals surface area contributed by atoms with Crippen LogP contribution < -0.4 is 4.90 Å². The second-order valence-corrected chi connectivity index (χ2v) is 9.99. The monoisotopic (exact) mass is 450 g/mol. The van der Waals surface area contributed by atoms with E-state index in [-0.39, 0.29) is 35.0 Å². The van der Waals surface area contributed by atoms with Crippen molar-refractivity contribution in [1.29, 1.82) is 0 Å². The molecule has 0 saturated carbocycles. The number of halogens is 1. The van der Waals surface area contributed by atoms with Crippen LogP contribution in [0.15, 0.2) is 47.5 Å². The molecule has 7 nitrogen and oxygen atoms in total. The van der Waals surface area contributed by atoms with E-state index in [9.17, 15) is 13.2 Å². The summed E-state index contributed by atoms with van der Waals surface area (Å²) in [5, 5.41) is -0.0317. The van der Waals surface area contributed by atoms with Crippen LogP contribution in [-0.2, 0) is 21.4 Å². The van der Waals surface area contributed by atoms with Gasteiger partial charge in [-0.2, -0.15) is 4.31 Å². The predicted octanol–water partition coefficient (Wildman–Crippen LogP) is 2.86. The number of aromatic nitrogens is 1. The van der Waals surface area contributed by atoms with E-state index in [1.54, 1.807) is 18.0 Å². The smallest absolute Gasteiger partial charge is 0.246 e. The Morgan fingerprint density at radius 3 is 2.33 bits per heavy atom. The summed E-state index contributed by atoms with van der Waals surface area (Å²) in [4.78, 5) is 20.5. The number of carbonyl (C=O) groups is 1. The van der Waals surface area contributed by atoms with Gasteiger partial charge in [0.1, 0.15) is 10.0 Å². The minimum atomic E-state index is -3.71. The van der Waals surface area contributed by atoms with E-state index < -0.39 is 10.0 Å². The van der Waals surface area contributed by atoms with Gasteiger partial charge in [-0.25, -0.2) is 13.4 Å². The Bertz CT molecular complexity index is 988. The number of anilines is 1. The Morgan fingerprint density at radius 1 is 1.13 bits per heavy atom. The van der Waals surface area contributed by atoms with Gasteiger partial charge in [0.25, 0.3) is 0 Å². The van der Waals surface area contributed by atoms with Crippen molar-refractivity contribution >= 4 is 33.2 Å². The molecule has 0 N–H and O–H groups in total. The number of rotatable bonds is 6. The Balaban J connectivity index is 1.59. The molecule has 0 radical (unpaired) electrons. The third-order valence-electron chi connectivity index (χ3n) is 5.39. The Kier molecular flexibility index (Phi) is 7.00. The molecular weight excluding hydrogens is 424 g/mol. The second kappa shape index (κ2) is 9.32. The van der Waals surface area contributed by atoms with Gasteiger partial charge in [0.15, 0.2) is 0 Å². The first-order valence-corrected chi connectivity index (χ1v) is 11.6. The lowest BCUT2D eigenvalue weighted by Crippen LogP contribution is -2.43. The largest absolute Gasteiger partial charge is 0.378 e. The first-order valence-electron chi connectivity index (χ1n) is 9.82. The summed E-state index contributed by atoms with van der Waals surface area (Å²) in [6, 6.07) is 11.1. The van der Waals surface area contributed by atoms with Gasteiger partial charge in [-0.1, -0.05) is 23.7 Å². The Morgan fingerprint density at radius 2 is 1.77 bits per heavy atom. The topological polar surface area (TPSA) is 73.8 Å². The summed E-state index contributed by atoms with van der Waals surface area (Å²) in [5.74, 6) is -0.144. The van der Waals surface area contributed by atoms with E-state index in [1.807, 2.05) is 43.3 Å². The summed E-state index contributed by atoms with van der Waals surface area (Å²) >= 11 is 5.97. The number of piperidine rings is 1. The Labute approximate surface area is 183 Å². The zero-order valence-corrected chi connectivity index (χ0v) is 19.0. The van der Waals surface area contributed by atoms with E-state index in [0.29, 0.717) is 19.4 Å². The third-order valence-corrected chi connectivity index (χ3v) is 7.74. The Hall–Kier alpha value is -2.16. The number of hydrogen-bond donors (Lipinski definition) is 0. The number of nitrogens with zero attached hydrogens (tertiary/aromatic N) is 4. The highest BCUT2D eigenvalue weighted by Gasteiger charge is 2.34. The molecule has 0 bridgehead atoms. The number of hydrogen-bond acceptors (Lipinski definition) is 5. The third kappa shape index (κ3) is 4.94. The zero-order chi connectivity index (χ0) is 21.9. The fraction of sp³-hybridized carbons (Fsp3) is 0.429. The van der Waals surface area contributed by atoms with Crippen LogP contribution in [0.4, 0.5) is 5.69 Å². The number of sulfonamides is 1. The van der Waals surface area contributed by atoms with Crippen LogP contribution in [0.3, 0.4) is 0 Å². The normalized spacial score (nSPS) is 15.7. The number of pyridine rings is 1. The predicted molar refractivity (Wildman–Crippen MR) is 118 cm³/mol. The van der Waals surface area contributed by atoms with Gasteiger partial charge in [0.05, 0.1) is 0 Å². The highest BCUT2D eigenvalue weighted by Crippen LogP contribution is 2.28.